The number of fused-ring (bicyclic) bond motifs is 1. The highest BCUT2D eigenvalue weighted by Crippen LogP contribution is 2.25. The fraction of sp³-hybridized carbons (Fsp3) is 0.278. The molecule has 3 rings (SSSR count). The van der Waals surface area contributed by atoms with Crippen molar-refractivity contribution in [3.05, 3.63) is 70.5 Å². The summed E-state index contributed by atoms with van der Waals surface area (Å²) in [7, 11) is 0. The molecule has 0 heterocycles. The summed E-state index contributed by atoms with van der Waals surface area (Å²) in [6.07, 6.45) is 1.93. The van der Waals surface area contributed by atoms with Crippen molar-refractivity contribution >= 4 is 5.91 Å². The molecule has 0 spiro atoms. The summed E-state index contributed by atoms with van der Waals surface area (Å²) in [4.78, 5) is 12.3. The lowest BCUT2D eigenvalue weighted by Gasteiger charge is -2.14. The predicted octanol–water partition coefficient (Wildman–Crippen LogP) is 2.78. The van der Waals surface area contributed by atoms with Crippen LogP contribution < -0.4 is 5.32 Å². The van der Waals surface area contributed by atoms with Gasteiger partial charge in [-0.1, -0.05) is 30.3 Å². The van der Waals surface area contributed by atoms with Crippen LogP contribution in [0.5, 0.6) is 0 Å². The number of hydrogen-bond acceptors (Lipinski definition) is 2. The second kappa shape index (κ2) is 6.28. The van der Waals surface area contributed by atoms with Crippen LogP contribution in [0.4, 0.5) is 4.39 Å². The van der Waals surface area contributed by atoms with E-state index in [0.29, 0.717) is 5.56 Å². The Labute approximate surface area is 128 Å². The maximum absolute atomic E-state index is 13.6. The molecule has 0 bridgehead atoms. The van der Waals surface area contributed by atoms with Gasteiger partial charge in [-0.25, -0.2) is 4.39 Å². The number of benzene rings is 2. The number of carbonyl (C=O) groups is 1. The molecule has 0 saturated heterocycles. The normalized spacial score (nSPS) is 14.5. The summed E-state index contributed by atoms with van der Waals surface area (Å²) in [5.41, 5.74) is 3.18. The number of amides is 1. The van der Waals surface area contributed by atoms with Gasteiger partial charge in [0.25, 0.3) is 5.91 Å². The first-order valence-electron chi connectivity index (χ1n) is 7.48. The first-order chi connectivity index (χ1) is 10.7. The summed E-state index contributed by atoms with van der Waals surface area (Å²) >= 11 is 0. The van der Waals surface area contributed by atoms with Gasteiger partial charge in [0, 0.05) is 17.7 Å². The molecule has 2 aromatic carbocycles. The fourth-order valence-corrected chi connectivity index (χ4v) is 2.97. The Morgan fingerprint density at radius 3 is 2.82 bits per heavy atom. The predicted molar refractivity (Wildman–Crippen MR) is 82.2 cm³/mol. The van der Waals surface area contributed by atoms with Crippen LogP contribution in [0.15, 0.2) is 42.5 Å². The van der Waals surface area contributed by atoms with Crippen molar-refractivity contribution in [2.24, 2.45) is 0 Å². The largest absolute Gasteiger partial charge is 0.386 e. The Morgan fingerprint density at radius 1 is 1.18 bits per heavy atom. The molecule has 2 N–H and O–H groups in total. The number of hydrogen-bond donors (Lipinski definition) is 2. The maximum Gasteiger partial charge on any atom is 0.251 e. The molecular formula is C18H18FNO2. The molecule has 1 aliphatic carbocycles. The van der Waals surface area contributed by atoms with Gasteiger partial charge >= 0.3 is 0 Å². The molecule has 1 aliphatic rings. The number of rotatable bonds is 4. The fourth-order valence-electron chi connectivity index (χ4n) is 2.97. The highest BCUT2D eigenvalue weighted by molar-refractivity contribution is 5.96. The number of aliphatic hydroxyl groups is 1. The van der Waals surface area contributed by atoms with Gasteiger partial charge in [0.05, 0.1) is 6.10 Å². The Balaban J connectivity index is 1.68. The van der Waals surface area contributed by atoms with E-state index >= 15 is 0 Å². The molecule has 114 valence electrons. The first kappa shape index (κ1) is 14.7. The van der Waals surface area contributed by atoms with Crippen molar-refractivity contribution in [1.29, 1.82) is 0 Å². The van der Waals surface area contributed by atoms with Crippen molar-refractivity contribution in [1.82, 2.24) is 5.32 Å². The van der Waals surface area contributed by atoms with Gasteiger partial charge in [-0.05, 0) is 42.5 Å². The van der Waals surface area contributed by atoms with E-state index in [1.165, 1.54) is 17.7 Å². The number of aryl methyl sites for hydroxylation is 1. The molecule has 4 heteroatoms. The van der Waals surface area contributed by atoms with E-state index in [2.05, 4.69) is 5.32 Å². The van der Waals surface area contributed by atoms with Crippen molar-refractivity contribution in [3.63, 3.8) is 0 Å². The minimum atomic E-state index is -1.05. The van der Waals surface area contributed by atoms with Crippen molar-refractivity contribution < 1.29 is 14.3 Å². The first-order valence-corrected chi connectivity index (χ1v) is 7.48. The highest BCUT2D eigenvalue weighted by atomic mass is 19.1. The zero-order chi connectivity index (χ0) is 15.5. The van der Waals surface area contributed by atoms with Crippen LogP contribution in [0.25, 0.3) is 0 Å². The number of nitrogens with one attached hydrogen (secondary N) is 1. The SMILES string of the molecule is O=C(NCC(O)c1ccccc1F)c1cccc2c1CCC2. The molecular weight excluding hydrogens is 281 g/mol. The summed E-state index contributed by atoms with van der Waals surface area (Å²) < 4.78 is 13.6. The minimum absolute atomic E-state index is 0.0105. The van der Waals surface area contributed by atoms with E-state index < -0.39 is 11.9 Å². The topological polar surface area (TPSA) is 49.3 Å². The van der Waals surface area contributed by atoms with Gasteiger partial charge in [0.2, 0.25) is 0 Å². The Kier molecular flexibility index (Phi) is 4.20. The van der Waals surface area contributed by atoms with Crippen LogP contribution in [0.2, 0.25) is 0 Å². The van der Waals surface area contributed by atoms with E-state index in [-0.39, 0.29) is 18.0 Å². The summed E-state index contributed by atoms with van der Waals surface area (Å²) in [5.74, 6) is -0.681. The summed E-state index contributed by atoms with van der Waals surface area (Å²) in [5, 5.41) is 12.7. The maximum atomic E-state index is 13.6. The van der Waals surface area contributed by atoms with Crippen molar-refractivity contribution in [3.8, 4) is 0 Å². The summed E-state index contributed by atoms with van der Waals surface area (Å²) in [6.45, 7) is -0.0105. The Morgan fingerprint density at radius 2 is 2.00 bits per heavy atom. The number of aliphatic hydroxyl groups excluding tert-OH is 1. The third-order valence-corrected chi connectivity index (χ3v) is 4.11. The summed E-state index contributed by atoms with van der Waals surface area (Å²) in [6, 6.07) is 11.8. The molecule has 0 aromatic heterocycles. The lowest BCUT2D eigenvalue weighted by molar-refractivity contribution is 0.0913. The van der Waals surface area contributed by atoms with E-state index in [0.717, 1.165) is 24.8 Å². The molecule has 0 aliphatic heterocycles. The lowest BCUT2D eigenvalue weighted by atomic mass is 10.0. The third-order valence-electron chi connectivity index (χ3n) is 4.11. The van der Waals surface area contributed by atoms with Gasteiger partial charge in [-0.15, -0.1) is 0 Å². The van der Waals surface area contributed by atoms with E-state index in [1.54, 1.807) is 18.2 Å². The average molecular weight is 299 g/mol. The van der Waals surface area contributed by atoms with E-state index in [9.17, 15) is 14.3 Å². The molecule has 0 radical (unpaired) electrons. The van der Waals surface area contributed by atoms with Crippen LogP contribution in [-0.2, 0) is 12.8 Å². The smallest absolute Gasteiger partial charge is 0.251 e. The Bertz CT molecular complexity index is 699. The second-order valence-corrected chi connectivity index (χ2v) is 5.54. The standard InChI is InChI=1S/C18H18FNO2/c19-16-10-2-1-7-15(16)17(21)11-20-18(22)14-9-4-6-12-5-3-8-13(12)14/h1-2,4,6-7,9-10,17,21H,3,5,8,11H2,(H,20,22). The number of halogens is 1. The minimum Gasteiger partial charge on any atom is -0.386 e. The molecule has 1 amide bonds. The van der Waals surface area contributed by atoms with Gasteiger partial charge in [-0.2, -0.15) is 0 Å². The molecule has 22 heavy (non-hydrogen) atoms. The van der Waals surface area contributed by atoms with Crippen LogP contribution >= 0.6 is 0 Å². The van der Waals surface area contributed by atoms with Gasteiger partial charge < -0.3 is 10.4 Å². The van der Waals surface area contributed by atoms with Crippen LogP contribution in [0, 0.1) is 5.82 Å². The van der Waals surface area contributed by atoms with E-state index in [1.807, 2.05) is 12.1 Å². The van der Waals surface area contributed by atoms with Crippen LogP contribution in [0.1, 0.15) is 39.6 Å². The van der Waals surface area contributed by atoms with Gasteiger partial charge in [0.1, 0.15) is 5.82 Å². The van der Waals surface area contributed by atoms with Gasteiger partial charge in [-0.3, -0.25) is 4.79 Å². The molecule has 0 saturated carbocycles. The van der Waals surface area contributed by atoms with Crippen LogP contribution in [0.3, 0.4) is 0 Å². The average Bonchev–Trinajstić information content (AvgIpc) is 3.01. The molecule has 3 nitrogen and oxygen atoms in total. The molecule has 1 atom stereocenters. The molecule has 2 aromatic rings. The monoisotopic (exact) mass is 299 g/mol. The van der Waals surface area contributed by atoms with Crippen molar-refractivity contribution in [2.75, 3.05) is 6.54 Å². The zero-order valence-corrected chi connectivity index (χ0v) is 12.2. The highest BCUT2D eigenvalue weighted by Gasteiger charge is 2.19. The van der Waals surface area contributed by atoms with Gasteiger partial charge in [0.15, 0.2) is 0 Å². The third kappa shape index (κ3) is 2.88. The number of carbonyl (C=O) groups excluding carboxylic acids is 1. The van der Waals surface area contributed by atoms with Crippen LogP contribution in [-0.4, -0.2) is 17.6 Å². The quantitative estimate of drug-likeness (QED) is 0.912. The molecule has 0 fully saturated rings. The zero-order valence-electron chi connectivity index (χ0n) is 12.2. The second-order valence-electron chi connectivity index (χ2n) is 5.54. The molecule has 1 unspecified atom stereocenters. The van der Waals surface area contributed by atoms with E-state index in [4.69, 9.17) is 0 Å². The Hall–Kier alpha value is -2.20. The lowest BCUT2D eigenvalue weighted by Crippen LogP contribution is -2.29. The van der Waals surface area contributed by atoms with Crippen molar-refractivity contribution in [2.45, 2.75) is 25.4 Å².